The molecule has 1 aromatic heterocycles. The van der Waals surface area contributed by atoms with E-state index in [4.69, 9.17) is 0 Å². The van der Waals surface area contributed by atoms with Gasteiger partial charge in [0, 0.05) is 23.5 Å². The van der Waals surface area contributed by atoms with Crippen LogP contribution < -0.4 is 0 Å². The average molecular weight is 216 g/mol. The molecule has 0 N–H and O–H groups in total. The summed E-state index contributed by atoms with van der Waals surface area (Å²) in [4.78, 5) is 8.31. The van der Waals surface area contributed by atoms with Gasteiger partial charge in [-0.05, 0) is 18.1 Å². The maximum atomic E-state index is 13.7. The molecule has 2 rings (SSSR count). The summed E-state index contributed by atoms with van der Waals surface area (Å²) >= 11 is 0. The predicted molar refractivity (Wildman–Crippen MR) is 61.5 cm³/mol. The zero-order valence-electron chi connectivity index (χ0n) is 9.31. The van der Waals surface area contributed by atoms with Gasteiger partial charge in [-0.3, -0.25) is 0 Å². The third-order valence-corrected chi connectivity index (χ3v) is 2.44. The fraction of sp³-hybridized carbons (Fsp3) is 0.231. The number of halogens is 1. The maximum absolute atomic E-state index is 13.7. The summed E-state index contributed by atoms with van der Waals surface area (Å²) in [7, 11) is 0. The molecule has 1 heterocycles. The lowest BCUT2D eigenvalue weighted by Crippen LogP contribution is -1.99. The summed E-state index contributed by atoms with van der Waals surface area (Å²) < 4.78 is 13.7. The number of hydrogen-bond donors (Lipinski definition) is 0. The van der Waals surface area contributed by atoms with Crippen molar-refractivity contribution in [2.45, 2.75) is 19.8 Å². The Kier molecular flexibility index (Phi) is 2.95. The molecule has 0 spiro atoms. The zero-order chi connectivity index (χ0) is 11.5. The Morgan fingerprint density at radius 3 is 2.38 bits per heavy atom. The van der Waals surface area contributed by atoms with Crippen molar-refractivity contribution in [2.24, 2.45) is 0 Å². The first-order valence-electron chi connectivity index (χ1n) is 5.26. The molecule has 16 heavy (non-hydrogen) atoms. The molecule has 0 aliphatic heterocycles. The fourth-order valence-corrected chi connectivity index (χ4v) is 1.76. The van der Waals surface area contributed by atoms with E-state index in [1.807, 2.05) is 19.9 Å². The van der Waals surface area contributed by atoms with Gasteiger partial charge in [-0.25, -0.2) is 14.4 Å². The second-order valence-corrected chi connectivity index (χ2v) is 3.93. The largest absolute Gasteiger partial charge is 0.237 e. The maximum Gasteiger partial charge on any atom is 0.159 e. The van der Waals surface area contributed by atoms with Crippen LogP contribution >= 0.6 is 0 Å². The van der Waals surface area contributed by atoms with E-state index in [9.17, 15) is 4.39 Å². The minimum absolute atomic E-state index is 0.111. The Labute approximate surface area is 94.2 Å². The van der Waals surface area contributed by atoms with Crippen molar-refractivity contribution in [1.29, 1.82) is 0 Å². The van der Waals surface area contributed by atoms with E-state index in [1.54, 1.807) is 24.5 Å². The Morgan fingerprint density at radius 2 is 1.75 bits per heavy atom. The highest BCUT2D eigenvalue weighted by Gasteiger charge is 2.14. The van der Waals surface area contributed by atoms with Crippen LogP contribution in [-0.4, -0.2) is 9.97 Å². The van der Waals surface area contributed by atoms with Crippen molar-refractivity contribution in [1.82, 2.24) is 9.97 Å². The smallest absolute Gasteiger partial charge is 0.159 e. The molecule has 0 radical (unpaired) electrons. The van der Waals surface area contributed by atoms with E-state index < -0.39 is 0 Å². The van der Waals surface area contributed by atoms with Crippen LogP contribution in [0, 0.1) is 5.82 Å². The molecule has 0 unspecified atom stereocenters. The second kappa shape index (κ2) is 4.39. The lowest BCUT2D eigenvalue weighted by Gasteiger charge is -2.12. The molecular formula is C13H13FN2. The fourth-order valence-electron chi connectivity index (χ4n) is 1.76. The Balaban J connectivity index is 2.61. The van der Waals surface area contributed by atoms with Gasteiger partial charge in [0.2, 0.25) is 0 Å². The molecule has 0 saturated carbocycles. The van der Waals surface area contributed by atoms with E-state index in [0.717, 1.165) is 5.56 Å². The van der Waals surface area contributed by atoms with Crippen LogP contribution in [0.2, 0.25) is 0 Å². The monoisotopic (exact) mass is 216 g/mol. The van der Waals surface area contributed by atoms with Gasteiger partial charge in [0.05, 0.1) is 0 Å². The summed E-state index contributed by atoms with van der Waals surface area (Å²) in [6.45, 7) is 3.93. The Hall–Kier alpha value is -1.77. The van der Waals surface area contributed by atoms with Crippen molar-refractivity contribution < 1.29 is 4.39 Å². The van der Waals surface area contributed by atoms with E-state index in [-0.39, 0.29) is 11.7 Å². The summed E-state index contributed by atoms with van der Waals surface area (Å²) in [6.07, 6.45) is 3.33. The first-order chi connectivity index (χ1) is 7.70. The normalized spacial score (nSPS) is 10.8. The summed E-state index contributed by atoms with van der Waals surface area (Å²) in [6, 6.07) is 6.76. The molecule has 0 atom stereocenters. The van der Waals surface area contributed by atoms with Crippen molar-refractivity contribution in [3.63, 3.8) is 0 Å². The van der Waals surface area contributed by atoms with Gasteiger partial charge in [0.15, 0.2) is 5.82 Å². The lowest BCUT2D eigenvalue weighted by molar-refractivity contribution is 0.599. The molecule has 2 aromatic rings. The molecule has 1 aromatic carbocycles. The minimum atomic E-state index is -0.194. The molecule has 0 amide bonds. The average Bonchev–Trinajstić information content (AvgIpc) is 2.29. The van der Waals surface area contributed by atoms with Crippen molar-refractivity contribution in [2.75, 3.05) is 0 Å². The molecule has 0 fully saturated rings. The highest BCUT2D eigenvalue weighted by atomic mass is 19.1. The van der Waals surface area contributed by atoms with Crippen LogP contribution in [0.1, 0.15) is 25.3 Å². The Morgan fingerprint density at radius 1 is 1.06 bits per heavy atom. The molecule has 0 aliphatic rings. The first kappa shape index (κ1) is 10.7. The van der Waals surface area contributed by atoms with Crippen LogP contribution in [0.5, 0.6) is 0 Å². The van der Waals surface area contributed by atoms with Crippen molar-refractivity contribution in [3.8, 4) is 11.4 Å². The molecule has 0 saturated heterocycles. The third-order valence-electron chi connectivity index (χ3n) is 2.44. The number of hydrogen-bond acceptors (Lipinski definition) is 2. The van der Waals surface area contributed by atoms with Gasteiger partial charge in [-0.1, -0.05) is 26.0 Å². The van der Waals surface area contributed by atoms with E-state index >= 15 is 0 Å². The van der Waals surface area contributed by atoms with Crippen LogP contribution in [-0.2, 0) is 0 Å². The molecule has 2 nitrogen and oxygen atoms in total. The summed E-state index contributed by atoms with van der Waals surface area (Å²) in [5.74, 6) is 0.491. The minimum Gasteiger partial charge on any atom is -0.237 e. The molecule has 3 heteroatoms. The second-order valence-electron chi connectivity index (χ2n) is 3.93. The van der Waals surface area contributed by atoms with Gasteiger partial charge in [0.25, 0.3) is 0 Å². The predicted octanol–water partition coefficient (Wildman–Crippen LogP) is 3.41. The van der Waals surface area contributed by atoms with Crippen molar-refractivity contribution in [3.05, 3.63) is 48.0 Å². The highest BCUT2D eigenvalue weighted by molar-refractivity contribution is 5.61. The van der Waals surface area contributed by atoms with Gasteiger partial charge in [-0.2, -0.15) is 0 Å². The quantitative estimate of drug-likeness (QED) is 0.768. The van der Waals surface area contributed by atoms with Crippen LogP contribution in [0.4, 0.5) is 4.39 Å². The van der Waals surface area contributed by atoms with Crippen molar-refractivity contribution >= 4 is 0 Å². The molecule has 0 aliphatic carbocycles. The third kappa shape index (κ3) is 1.94. The number of nitrogens with zero attached hydrogens (tertiary/aromatic N) is 2. The first-order valence-corrected chi connectivity index (χ1v) is 5.26. The van der Waals surface area contributed by atoms with Crippen LogP contribution in [0.3, 0.4) is 0 Å². The topological polar surface area (TPSA) is 25.8 Å². The number of aromatic nitrogens is 2. The zero-order valence-corrected chi connectivity index (χ0v) is 9.31. The SMILES string of the molecule is CC(C)c1c(F)cccc1-c1ncccn1. The van der Waals surface area contributed by atoms with E-state index in [2.05, 4.69) is 9.97 Å². The standard InChI is InChI=1S/C13H13FN2/c1-9(2)12-10(5-3-6-11(12)14)13-15-7-4-8-16-13/h3-9H,1-2H3. The van der Waals surface area contributed by atoms with Gasteiger partial charge >= 0.3 is 0 Å². The van der Waals surface area contributed by atoms with Crippen LogP contribution in [0.15, 0.2) is 36.7 Å². The molecular weight excluding hydrogens is 203 g/mol. The number of rotatable bonds is 2. The summed E-state index contributed by atoms with van der Waals surface area (Å²) in [5, 5.41) is 0. The highest BCUT2D eigenvalue weighted by Crippen LogP contribution is 2.28. The van der Waals surface area contributed by atoms with Crippen LogP contribution in [0.25, 0.3) is 11.4 Å². The van der Waals surface area contributed by atoms with E-state index in [1.165, 1.54) is 6.07 Å². The summed E-state index contributed by atoms with van der Waals surface area (Å²) in [5.41, 5.74) is 1.45. The molecule has 82 valence electrons. The Bertz CT molecular complexity index is 481. The van der Waals surface area contributed by atoms with Gasteiger partial charge in [0.1, 0.15) is 5.82 Å². The molecule has 0 bridgehead atoms. The lowest BCUT2D eigenvalue weighted by atomic mass is 9.96. The van der Waals surface area contributed by atoms with E-state index in [0.29, 0.717) is 11.4 Å². The van der Waals surface area contributed by atoms with Gasteiger partial charge in [-0.15, -0.1) is 0 Å². The van der Waals surface area contributed by atoms with Gasteiger partial charge < -0.3 is 0 Å². The number of benzene rings is 1.